The van der Waals surface area contributed by atoms with E-state index in [1.54, 1.807) is 0 Å². The van der Waals surface area contributed by atoms with Gasteiger partial charge in [0.2, 0.25) is 0 Å². The summed E-state index contributed by atoms with van der Waals surface area (Å²) in [6.07, 6.45) is 0.454. The molecule has 5 N–H and O–H groups in total. The highest BCUT2D eigenvalue weighted by molar-refractivity contribution is 8.14. The quantitative estimate of drug-likeness (QED) is 0.237. The molecule has 0 fully saturated rings. The average molecular weight is 311 g/mol. The number of amides is 1. The molecule has 1 amide bonds. The molecule has 0 aliphatic heterocycles. The number of oxime groups is 1. The smallest absolute Gasteiger partial charge is 0.279 e. The molecule has 1 aromatic rings. The van der Waals surface area contributed by atoms with Crippen LogP contribution in [0.1, 0.15) is 5.56 Å². The molecular weight excluding hydrogens is 294 g/mol. The van der Waals surface area contributed by atoms with Gasteiger partial charge in [-0.15, -0.1) is 11.8 Å². The van der Waals surface area contributed by atoms with E-state index in [4.69, 9.17) is 5.21 Å². The van der Waals surface area contributed by atoms with Crippen molar-refractivity contribution in [1.29, 1.82) is 0 Å². The van der Waals surface area contributed by atoms with Crippen molar-refractivity contribution in [3.63, 3.8) is 0 Å². The number of carboxylic acids is 1. The molecule has 0 aromatic heterocycles. The van der Waals surface area contributed by atoms with Crippen molar-refractivity contribution >= 4 is 28.7 Å². The van der Waals surface area contributed by atoms with Gasteiger partial charge in [0.25, 0.3) is 5.91 Å². The number of nitrogens with one attached hydrogen (secondary N) is 1. The van der Waals surface area contributed by atoms with Gasteiger partial charge in [-0.25, -0.2) is 0 Å². The van der Waals surface area contributed by atoms with Gasteiger partial charge >= 0.3 is 0 Å². The van der Waals surface area contributed by atoms with Crippen molar-refractivity contribution in [2.75, 3.05) is 12.3 Å². The maximum absolute atomic E-state index is 11.5. The van der Waals surface area contributed by atoms with Gasteiger partial charge in [0, 0.05) is 6.42 Å². The minimum Gasteiger partial charge on any atom is -0.548 e. The van der Waals surface area contributed by atoms with Crippen LogP contribution in [0.4, 0.5) is 0 Å². The molecule has 21 heavy (non-hydrogen) atoms. The van der Waals surface area contributed by atoms with E-state index in [1.807, 2.05) is 30.3 Å². The van der Waals surface area contributed by atoms with Crippen LogP contribution in [-0.2, 0) is 16.0 Å². The van der Waals surface area contributed by atoms with Crippen LogP contribution in [0.25, 0.3) is 0 Å². The Morgan fingerprint density at radius 2 is 2.05 bits per heavy atom. The van der Waals surface area contributed by atoms with E-state index in [1.165, 1.54) is 11.8 Å². The summed E-state index contributed by atoms with van der Waals surface area (Å²) in [6.45, 7) is -0.541. The molecule has 0 saturated heterocycles. The number of rotatable bonds is 7. The van der Waals surface area contributed by atoms with Crippen molar-refractivity contribution in [3.05, 3.63) is 35.9 Å². The first-order valence-corrected chi connectivity index (χ1v) is 7.19. The molecule has 7 nitrogen and oxygen atoms in total. The zero-order valence-electron chi connectivity index (χ0n) is 11.3. The molecule has 0 unspecified atom stereocenters. The third-order valence-corrected chi connectivity index (χ3v) is 3.67. The molecule has 0 bridgehead atoms. The first kappa shape index (κ1) is 17.0. The number of hydrogen-bond acceptors (Lipinski definition) is 6. The van der Waals surface area contributed by atoms with Gasteiger partial charge in [-0.2, -0.15) is 0 Å². The predicted molar refractivity (Wildman–Crippen MR) is 76.5 cm³/mol. The number of hydrogen-bond donors (Lipinski definition) is 3. The van der Waals surface area contributed by atoms with E-state index in [0.717, 1.165) is 5.56 Å². The first-order chi connectivity index (χ1) is 10.0. The van der Waals surface area contributed by atoms with E-state index < -0.39 is 24.5 Å². The maximum atomic E-state index is 11.5. The van der Waals surface area contributed by atoms with Crippen molar-refractivity contribution in [2.24, 2.45) is 5.16 Å². The minimum atomic E-state index is -1.36. The number of carbonyl (C=O) groups is 2. The third-order valence-electron chi connectivity index (χ3n) is 2.54. The number of aliphatic carboxylic acids is 1. The molecule has 114 valence electrons. The Labute approximate surface area is 126 Å². The summed E-state index contributed by atoms with van der Waals surface area (Å²) >= 11 is 1.20. The predicted octanol–water partition coefficient (Wildman–Crippen LogP) is -1.77. The SMILES string of the molecule is [NH3+][C@@H](CS/C(Cc1ccccc1)=N\O)C(=O)NCC(=O)[O-]. The second-order valence-electron chi connectivity index (χ2n) is 4.25. The van der Waals surface area contributed by atoms with Gasteiger partial charge in [0.05, 0.1) is 18.3 Å². The van der Waals surface area contributed by atoms with Crippen molar-refractivity contribution in [1.82, 2.24) is 5.32 Å². The summed E-state index contributed by atoms with van der Waals surface area (Å²) in [5.41, 5.74) is 4.63. The van der Waals surface area contributed by atoms with E-state index in [-0.39, 0.29) is 5.75 Å². The van der Waals surface area contributed by atoms with Gasteiger partial charge in [-0.1, -0.05) is 35.5 Å². The molecule has 0 spiro atoms. The zero-order chi connectivity index (χ0) is 15.7. The zero-order valence-corrected chi connectivity index (χ0v) is 12.1. The highest BCUT2D eigenvalue weighted by Gasteiger charge is 2.18. The van der Waals surface area contributed by atoms with Crippen molar-refractivity contribution in [3.8, 4) is 0 Å². The van der Waals surface area contributed by atoms with Gasteiger partial charge in [0.15, 0.2) is 6.04 Å². The number of quaternary nitrogens is 1. The summed E-state index contributed by atoms with van der Waals surface area (Å²) in [7, 11) is 0. The van der Waals surface area contributed by atoms with Crippen LogP contribution < -0.4 is 16.2 Å². The van der Waals surface area contributed by atoms with Gasteiger partial charge in [-0.05, 0) is 5.56 Å². The van der Waals surface area contributed by atoms with Gasteiger partial charge in [-0.3, -0.25) is 4.79 Å². The normalized spacial score (nSPS) is 12.7. The minimum absolute atomic E-state index is 0.283. The topological polar surface area (TPSA) is 129 Å². The standard InChI is InChI=1S/C13H17N3O4S/c14-10(13(19)15-7-12(17)18)8-21-11(16-20)6-9-4-2-1-3-5-9/h1-5,10,20H,6-8,14H2,(H,15,19)(H,17,18)/b16-11-/t10-/m0/s1. The molecule has 0 aliphatic rings. The molecule has 1 atom stereocenters. The first-order valence-electron chi connectivity index (χ1n) is 6.21. The van der Waals surface area contributed by atoms with E-state index in [9.17, 15) is 14.7 Å². The molecule has 1 rings (SSSR count). The number of nitrogens with zero attached hydrogens (tertiary/aromatic N) is 1. The van der Waals surface area contributed by atoms with Crippen LogP contribution in [0.3, 0.4) is 0 Å². The van der Waals surface area contributed by atoms with Crippen LogP contribution in [0, 0.1) is 0 Å². The summed E-state index contributed by atoms with van der Waals surface area (Å²) < 4.78 is 0. The largest absolute Gasteiger partial charge is 0.548 e. The Morgan fingerprint density at radius 1 is 1.38 bits per heavy atom. The maximum Gasteiger partial charge on any atom is 0.279 e. The molecule has 1 aromatic carbocycles. The molecular formula is C13H17N3O4S. The Bertz CT molecular complexity index is 507. The summed E-state index contributed by atoms with van der Waals surface area (Å²) in [6, 6.07) is 8.81. The van der Waals surface area contributed by atoms with Gasteiger partial charge in [0.1, 0.15) is 5.04 Å². The lowest BCUT2D eigenvalue weighted by atomic mass is 10.2. The fourth-order valence-electron chi connectivity index (χ4n) is 1.46. The van der Waals surface area contributed by atoms with Crippen LogP contribution in [0.15, 0.2) is 35.5 Å². The molecule has 0 aliphatic carbocycles. The summed E-state index contributed by atoms with van der Waals surface area (Å²) in [5.74, 6) is -1.56. The highest BCUT2D eigenvalue weighted by atomic mass is 32.2. The number of carbonyl (C=O) groups excluding carboxylic acids is 2. The lowest BCUT2D eigenvalue weighted by molar-refractivity contribution is -0.396. The van der Waals surface area contributed by atoms with Crippen LogP contribution in [-0.4, -0.2) is 40.5 Å². The summed E-state index contributed by atoms with van der Waals surface area (Å²) in [5, 5.41) is 25.1. The lowest BCUT2D eigenvalue weighted by Crippen LogP contribution is -2.69. The average Bonchev–Trinajstić information content (AvgIpc) is 2.49. The molecule has 0 radical (unpaired) electrons. The second kappa shape index (κ2) is 8.98. The molecule has 0 heterocycles. The van der Waals surface area contributed by atoms with Gasteiger partial charge < -0.3 is 26.2 Å². The monoisotopic (exact) mass is 311 g/mol. The van der Waals surface area contributed by atoms with E-state index in [2.05, 4.69) is 16.2 Å². The van der Waals surface area contributed by atoms with Crippen LogP contribution in [0.2, 0.25) is 0 Å². The van der Waals surface area contributed by atoms with Crippen molar-refractivity contribution < 1.29 is 25.6 Å². The number of carboxylic acid groups (broad SMARTS) is 1. The lowest BCUT2D eigenvalue weighted by Gasteiger charge is -2.10. The van der Waals surface area contributed by atoms with E-state index in [0.29, 0.717) is 11.5 Å². The van der Waals surface area contributed by atoms with Crippen LogP contribution >= 0.6 is 11.8 Å². The number of thioether (sulfide) groups is 1. The van der Waals surface area contributed by atoms with E-state index >= 15 is 0 Å². The third kappa shape index (κ3) is 6.77. The number of benzene rings is 1. The molecule has 8 heteroatoms. The fraction of sp³-hybridized carbons (Fsp3) is 0.308. The fourth-order valence-corrected chi connectivity index (χ4v) is 2.33. The second-order valence-corrected chi connectivity index (χ2v) is 5.35. The Balaban J connectivity index is 2.41. The van der Waals surface area contributed by atoms with Crippen LogP contribution in [0.5, 0.6) is 0 Å². The molecule has 0 saturated carbocycles. The Morgan fingerprint density at radius 3 is 2.62 bits per heavy atom. The Kier molecular flexibility index (Phi) is 7.27. The summed E-state index contributed by atoms with van der Waals surface area (Å²) in [4.78, 5) is 21.8. The van der Waals surface area contributed by atoms with Crippen molar-refractivity contribution in [2.45, 2.75) is 12.5 Å². The Hall–Kier alpha value is -2.06. The highest BCUT2D eigenvalue weighted by Crippen LogP contribution is 2.11.